The lowest BCUT2D eigenvalue weighted by molar-refractivity contribution is 0.103. The van der Waals surface area contributed by atoms with Crippen molar-refractivity contribution in [3.63, 3.8) is 0 Å². The van der Waals surface area contributed by atoms with Crippen LogP contribution in [0.3, 0.4) is 0 Å². The number of carbonyl (C=O) groups is 1. The number of halogens is 3. The second-order valence-electron chi connectivity index (χ2n) is 7.11. The van der Waals surface area contributed by atoms with Gasteiger partial charge in [-0.2, -0.15) is 5.26 Å². The molecule has 2 aromatic carbocycles. The van der Waals surface area contributed by atoms with E-state index in [1.807, 2.05) is 6.07 Å². The van der Waals surface area contributed by atoms with Crippen molar-refractivity contribution >= 4 is 29.0 Å². The first-order valence-electron chi connectivity index (χ1n) is 9.88. The number of ketones is 1. The maximum absolute atomic E-state index is 14.0. The molecule has 9 heteroatoms. The Kier molecular flexibility index (Phi) is 8.23. The lowest BCUT2D eigenvalue weighted by atomic mass is 10.0. The van der Waals surface area contributed by atoms with Crippen LogP contribution in [0.2, 0.25) is 10.0 Å². The van der Waals surface area contributed by atoms with Crippen molar-refractivity contribution in [2.75, 3.05) is 13.7 Å². The fourth-order valence-corrected chi connectivity index (χ4v) is 3.46. The third kappa shape index (κ3) is 5.99. The first-order chi connectivity index (χ1) is 15.8. The standard InChI is InChI=1S/C24H19Cl2FN2O4/c1-32-8-2-7-29-13-17(10-16(12-28)24(29)31)23(30)19-11-18(27)4-6-22(19)33-14-15-3-5-20(25)21(26)9-15/h3-6,9-11,13H,2,7-8,14H2,1H3. The topological polar surface area (TPSA) is 81.3 Å². The van der Waals surface area contributed by atoms with Crippen molar-refractivity contribution < 1.29 is 18.7 Å². The molecule has 0 aliphatic rings. The molecule has 6 nitrogen and oxygen atoms in total. The van der Waals surface area contributed by atoms with Gasteiger partial charge in [0.25, 0.3) is 5.56 Å². The number of aromatic nitrogens is 1. The Morgan fingerprint density at radius 3 is 2.64 bits per heavy atom. The van der Waals surface area contributed by atoms with Gasteiger partial charge < -0.3 is 14.0 Å². The lowest BCUT2D eigenvalue weighted by Crippen LogP contribution is -2.24. The van der Waals surface area contributed by atoms with Crippen LogP contribution < -0.4 is 10.3 Å². The van der Waals surface area contributed by atoms with Crippen molar-refractivity contribution in [3.05, 3.63) is 97.1 Å². The Morgan fingerprint density at radius 1 is 1.15 bits per heavy atom. The van der Waals surface area contributed by atoms with Gasteiger partial charge in [-0.05, 0) is 48.4 Å². The molecule has 0 N–H and O–H groups in total. The van der Waals surface area contributed by atoms with Crippen LogP contribution in [-0.4, -0.2) is 24.1 Å². The number of nitrogens with zero attached hydrogens (tertiary/aromatic N) is 2. The number of methoxy groups -OCH3 is 1. The predicted octanol–water partition coefficient (Wildman–Crippen LogP) is 5.01. The van der Waals surface area contributed by atoms with Gasteiger partial charge in [0, 0.05) is 32.0 Å². The van der Waals surface area contributed by atoms with Crippen LogP contribution in [0.5, 0.6) is 5.75 Å². The summed E-state index contributed by atoms with van der Waals surface area (Å²) >= 11 is 12.0. The number of hydrogen-bond donors (Lipinski definition) is 0. The van der Waals surface area contributed by atoms with Gasteiger partial charge >= 0.3 is 0 Å². The molecule has 3 rings (SSSR count). The third-order valence-electron chi connectivity index (χ3n) is 4.78. The normalized spacial score (nSPS) is 10.6. The van der Waals surface area contributed by atoms with Crippen LogP contribution >= 0.6 is 23.2 Å². The summed E-state index contributed by atoms with van der Waals surface area (Å²) in [5.41, 5.74) is 0.0219. The third-order valence-corrected chi connectivity index (χ3v) is 5.52. The first kappa shape index (κ1) is 24.5. The monoisotopic (exact) mass is 488 g/mol. The number of pyridine rings is 1. The number of nitriles is 1. The number of benzene rings is 2. The van der Waals surface area contributed by atoms with Crippen molar-refractivity contribution in [3.8, 4) is 11.8 Å². The SMILES string of the molecule is COCCCn1cc(C(=O)c2cc(F)ccc2OCc2ccc(Cl)c(Cl)c2)cc(C#N)c1=O. The molecule has 0 saturated carbocycles. The molecule has 0 unspecified atom stereocenters. The van der Waals surface area contributed by atoms with Gasteiger partial charge in [0.2, 0.25) is 0 Å². The van der Waals surface area contributed by atoms with Crippen LogP contribution in [0, 0.1) is 17.1 Å². The van der Waals surface area contributed by atoms with E-state index in [1.54, 1.807) is 18.2 Å². The van der Waals surface area contributed by atoms with Gasteiger partial charge in [-0.3, -0.25) is 9.59 Å². The highest BCUT2D eigenvalue weighted by atomic mass is 35.5. The van der Waals surface area contributed by atoms with Crippen molar-refractivity contribution in [2.24, 2.45) is 0 Å². The molecule has 0 aliphatic heterocycles. The summed E-state index contributed by atoms with van der Waals surface area (Å²) in [5, 5.41) is 10.1. The summed E-state index contributed by atoms with van der Waals surface area (Å²) in [6, 6.07) is 11.6. The minimum atomic E-state index is -0.630. The van der Waals surface area contributed by atoms with Crippen LogP contribution in [0.4, 0.5) is 4.39 Å². The highest BCUT2D eigenvalue weighted by Gasteiger charge is 2.19. The van der Waals surface area contributed by atoms with Crippen LogP contribution in [0.15, 0.2) is 53.5 Å². The molecule has 33 heavy (non-hydrogen) atoms. The average Bonchev–Trinajstić information content (AvgIpc) is 2.81. The second kappa shape index (κ2) is 11.1. The summed E-state index contributed by atoms with van der Waals surface area (Å²) in [6.45, 7) is 0.720. The Bertz CT molecular complexity index is 1280. The minimum Gasteiger partial charge on any atom is -0.488 e. The quantitative estimate of drug-likeness (QED) is 0.312. The Morgan fingerprint density at radius 2 is 1.94 bits per heavy atom. The van der Waals surface area contributed by atoms with E-state index >= 15 is 0 Å². The number of rotatable bonds is 9. The molecular weight excluding hydrogens is 470 g/mol. The van der Waals surface area contributed by atoms with Gasteiger partial charge in [-0.25, -0.2) is 4.39 Å². The zero-order chi connectivity index (χ0) is 24.0. The molecule has 0 fully saturated rings. The molecule has 170 valence electrons. The second-order valence-corrected chi connectivity index (χ2v) is 7.92. The maximum Gasteiger partial charge on any atom is 0.268 e. The number of carbonyl (C=O) groups excluding carboxylic acids is 1. The number of hydrogen-bond acceptors (Lipinski definition) is 5. The van der Waals surface area contributed by atoms with E-state index in [0.29, 0.717) is 28.6 Å². The fourth-order valence-electron chi connectivity index (χ4n) is 3.14. The lowest BCUT2D eigenvalue weighted by Gasteiger charge is -2.13. The molecule has 1 heterocycles. The number of aryl methyl sites for hydroxylation is 1. The van der Waals surface area contributed by atoms with Gasteiger partial charge in [-0.1, -0.05) is 29.3 Å². The molecule has 0 aliphatic carbocycles. The highest BCUT2D eigenvalue weighted by Crippen LogP contribution is 2.26. The van der Waals surface area contributed by atoms with E-state index in [2.05, 4.69) is 0 Å². The molecule has 1 aromatic heterocycles. The first-order valence-corrected chi connectivity index (χ1v) is 10.6. The van der Waals surface area contributed by atoms with Gasteiger partial charge in [-0.15, -0.1) is 0 Å². The molecule has 0 spiro atoms. The zero-order valence-electron chi connectivity index (χ0n) is 17.6. The number of ether oxygens (including phenoxy) is 2. The van der Waals surface area contributed by atoms with E-state index in [9.17, 15) is 19.2 Å². The fraction of sp³-hybridized carbons (Fsp3) is 0.208. The molecule has 3 aromatic rings. The van der Waals surface area contributed by atoms with E-state index in [0.717, 1.165) is 6.07 Å². The Hall–Kier alpha value is -3.18. The largest absolute Gasteiger partial charge is 0.488 e. The summed E-state index contributed by atoms with van der Waals surface area (Å²) in [7, 11) is 1.53. The van der Waals surface area contributed by atoms with E-state index in [-0.39, 0.29) is 35.6 Å². The smallest absolute Gasteiger partial charge is 0.268 e. The average molecular weight is 489 g/mol. The summed E-state index contributed by atoms with van der Waals surface area (Å²) in [6.07, 6.45) is 1.87. The predicted molar refractivity (Wildman–Crippen MR) is 123 cm³/mol. The van der Waals surface area contributed by atoms with Crippen molar-refractivity contribution in [2.45, 2.75) is 19.6 Å². The molecule has 0 atom stereocenters. The van der Waals surface area contributed by atoms with Crippen LogP contribution in [-0.2, 0) is 17.9 Å². The summed E-state index contributed by atoms with van der Waals surface area (Å²) in [5.74, 6) is -1.08. The maximum atomic E-state index is 14.0. The van der Waals surface area contributed by atoms with Crippen molar-refractivity contribution in [1.82, 2.24) is 4.57 Å². The van der Waals surface area contributed by atoms with Gasteiger partial charge in [0.15, 0.2) is 5.78 Å². The highest BCUT2D eigenvalue weighted by molar-refractivity contribution is 6.42. The van der Waals surface area contributed by atoms with Crippen LogP contribution in [0.25, 0.3) is 0 Å². The molecule has 0 radical (unpaired) electrons. The van der Waals surface area contributed by atoms with E-state index in [4.69, 9.17) is 32.7 Å². The van der Waals surface area contributed by atoms with Crippen LogP contribution in [0.1, 0.15) is 33.5 Å². The Balaban J connectivity index is 1.94. The van der Waals surface area contributed by atoms with E-state index in [1.165, 1.54) is 36.1 Å². The van der Waals surface area contributed by atoms with Gasteiger partial charge in [0.05, 0.1) is 15.6 Å². The van der Waals surface area contributed by atoms with E-state index < -0.39 is 17.2 Å². The summed E-state index contributed by atoms with van der Waals surface area (Å²) in [4.78, 5) is 25.7. The Labute approximate surface area is 199 Å². The summed E-state index contributed by atoms with van der Waals surface area (Å²) < 4.78 is 26.1. The molecular formula is C24H19Cl2FN2O4. The zero-order valence-corrected chi connectivity index (χ0v) is 19.1. The van der Waals surface area contributed by atoms with Gasteiger partial charge in [0.1, 0.15) is 29.8 Å². The minimum absolute atomic E-state index is 0.0407. The molecule has 0 bridgehead atoms. The van der Waals surface area contributed by atoms with Crippen molar-refractivity contribution in [1.29, 1.82) is 5.26 Å². The molecule has 0 saturated heterocycles. The molecule has 0 amide bonds.